The number of aromatic amines is 2. The van der Waals surface area contributed by atoms with E-state index in [2.05, 4.69) is 82.1 Å². The number of likely N-dealkylation sites (tertiary alicyclic amines) is 2. The van der Waals surface area contributed by atoms with Crippen LogP contribution >= 0.6 is 0 Å². The zero-order valence-corrected chi connectivity index (χ0v) is 40.4. The predicted molar refractivity (Wildman–Crippen MR) is 260 cm³/mol. The summed E-state index contributed by atoms with van der Waals surface area (Å²) in [4.78, 5) is 74.2. The van der Waals surface area contributed by atoms with Crippen LogP contribution in [0.1, 0.15) is 133 Å². The Balaban J connectivity index is 0.907. The topological polar surface area (TPSA) is 175 Å². The van der Waals surface area contributed by atoms with Crippen LogP contribution in [0.5, 0.6) is 0 Å². The monoisotopic (exact) mass is 923 g/mol. The number of alkyl carbamates (subject to hydrolysis) is 2. The number of nitrogens with one attached hydrogen (secondary N) is 4. The smallest absolute Gasteiger partial charge is 0.407 e. The molecule has 4 amide bonds. The molecule has 358 valence electrons. The summed E-state index contributed by atoms with van der Waals surface area (Å²) < 4.78 is 9.76. The number of piperidine rings is 2. The van der Waals surface area contributed by atoms with Gasteiger partial charge >= 0.3 is 12.2 Å². The lowest BCUT2D eigenvalue weighted by Gasteiger charge is -2.43. The van der Waals surface area contributed by atoms with Crippen molar-refractivity contribution in [3.63, 3.8) is 0 Å². The van der Waals surface area contributed by atoms with Crippen molar-refractivity contribution < 1.29 is 28.7 Å². The van der Waals surface area contributed by atoms with E-state index >= 15 is 0 Å². The lowest BCUT2D eigenvalue weighted by atomic mass is 9.73. The third-order valence-electron chi connectivity index (χ3n) is 16.2. The van der Waals surface area contributed by atoms with Crippen LogP contribution in [0.15, 0.2) is 60.8 Å². The molecule has 4 N–H and O–H groups in total. The van der Waals surface area contributed by atoms with Gasteiger partial charge in [-0.25, -0.2) is 19.6 Å². The lowest BCUT2D eigenvalue weighted by Crippen LogP contribution is -2.56. The summed E-state index contributed by atoms with van der Waals surface area (Å²) in [6.45, 7) is 9.90. The Morgan fingerprint density at radius 2 is 1.40 bits per heavy atom. The number of rotatable bonds is 12. The number of ether oxygens (including phenoxy) is 2. The van der Waals surface area contributed by atoms with Gasteiger partial charge in [-0.1, -0.05) is 77.1 Å². The maximum absolute atomic E-state index is 14.3. The molecule has 9 atom stereocenters. The molecule has 5 aliphatic rings. The lowest BCUT2D eigenvalue weighted by molar-refractivity contribution is -0.142. The van der Waals surface area contributed by atoms with Crippen molar-refractivity contribution >= 4 is 35.0 Å². The highest BCUT2D eigenvalue weighted by atomic mass is 16.5. The molecule has 14 heteroatoms. The summed E-state index contributed by atoms with van der Waals surface area (Å²) in [5, 5.41) is 5.59. The van der Waals surface area contributed by atoms with Crippen LogP contribution in [0.2, 0.25) is 0 Å². The van der Waals surface area contributed by atoms with Crippen molar-refractivity contribution in [1.82, 2.24) is 40.4 Å². The van der Waals surface area contributed by atoms with E-state index in [-0.39, 0.29) is 47.8 Å². The number of hydrogen-bond donors (Lipinski definition) is 4. The number of methoxy groups -OCH3 is 2. The van der Waals surface area contributed by atoms with Gasteiger partial charge in [-0.05, 0) is 145 Å². The second kappa shape index (κ2) is 18.4. The van der Waals surface area contributed by atoms with Crippen molar-refractivity contribution in [3.8, 4) is 33.5 Å². The highest BCUT2D eigenvalue weighted by molar-refractivity contribution is 5.89. The standard InChI is InChI=1S/C54H66N8O6/c1-8-35-10-9-11-44(61(35)51(63)46(28(2)3)59-53(65)67-6)49-56-41-23-18-33(26-42(41)57-49)37-21-22-38(45-39-20-17-32(39)25-40(37)45)30-12-14-31(15-13-30)43-27-55-50(58-43)48-34-16-19-36(24-34)62(48)52(64)47(29(4)5)60-54(66)68-7/h12-15,18,21-23,26-29,32,34-36,39,44,46-48H,8-11,16-17,19-20,24-25H2,1-7H3,(H,55,58)(H,56,57)(H,59,65)(H,60,66)/t32?,34-,35-,36+,39?,44-,46-,47-,48-/m0/s1. The number of benzene rings is 3. The average Bonchev–Trinajstić information content (AvgIpc) is 4.20. The molecule has 2 aliphatic heterocycles. The van der Waals surface area contributed by atoms with Crippen molar-refractivity contribution in [2.45, 2.75) is 141 Å². The van der Waals surface area contributed by atoms with E-state index in [1.165, 1.54) is 54.9 Å². The van der Waals surface area contributed by atoms with Crippen LogP contribution in [-0.4, -0.2) is 92.1 Å². The minimum Gasteiger partial charge on any atom is -0.453 e. The van der Waals surface area contributed by atoms with Crippen LogP contribution < -0.4 is 10.6 Å². The third-order valence-corrected chi connectivity index (χ3v) is 16.2. The number of aromatic nitrogens is 4. The molecule has 5 aromatic rings. The van der Waals surface area contributed by atoms with Gasteiger partial charge < -0.3 is 39.9 Å². The minimum absolute atomic E-state index is 0.0428. The molecule has 10 rings (SSSR count). The van der Waals surface area contributed by atoms with E-state index in [0.29, 0.717) is 17.8 Å². The third kappa shape index (κ3) is 8.00. The highest BCUT2D eigenvalue weighted by Gasteiger charge is 2.52. The number of H-pyrrole nitrogens is 2. The Morgan fingerprint density at radius 3 is 2.06 bits per heavy atom. The predicted octanol–water partition coefficient (Wildman–Crippen LogP) is 9.98. The molecule has 14 nitrogen and oxygen atoms in total. The fourth-order valence-electron chi connectivity index (χ4n) is 12.6. The van der Waals surface area contributed by atoms with E-state index in [0.717, 1.165) is 90.9 Å². The van der Waals surface area contributed by atoms with E-state index in [1.54, 1.807) is 0 Å². The number of carbonyl (C=O) groups excluding carboxylic acids is 4. The van der Waals surface area contributed by atoms with Gasteiger partial charge in [0.2, 0.25) is 11.8 Å². The molecule has 3 aromatic carbocycles. The number of hydrogen-bond acceptors (Lipinski definition) is 8. The van der Waals surface area contributed by atoms with E-state index in [9.17, 15) is 19.2 Å². The minimum atomic E-state index is -0.706. The molecule has 2 bridgehead atoms. The van der Waals surface area contributed by atoms with Gasteiger partial charge in [0, 0.05) is 12.1 Å². The highest BCUT2D eigenvalue weighted by Crippen LogP contribution is 2.56. The largest absolute Gasteiger partial charge is 0.453 e. The Kier molecular flexibility index (Phi) is 12.3. The average molecular weight is 923 g/mol. The van der Waals surface area contributed by atoms with Gasteiger partial charge in [-0.15, -0.1) is 0 Å². The Bertz CT molecular complexity index is 2720. The van der Waals surface area contributed by atoms with Gasteiger partial charge in [-0.3, -0.25) is 9.59 Å². The maximum atomic E-state index is 14.3. The van der Waals surface area contributed by atoms with Gasteiger partial charge in [0.05, 0.1) is 49.2 Å². The summed E-state index contributed by atoms with van der Waals surface area (Å²) >= 11 is 0. The van der Waals surface area contributed by atoms with Gasteiger partial charge in [0.25, 0.3) is 0 Å². The van der Waals surface area contributed by atoms with Crippen molar-refractivity contribution in [2.75, 3.05) is 14.2 Å². The number of carbonyl (C=O) groups is 4. The summed E-state index contributed by atoms with van der Waals surface area (Å²) in [7, 11) is 2.64. The molecule has 68 heavy (non-hydrogen) atoms. The second-order valence-electron chi connectivity index (χ2n) is 20.7. The first-order valence-corrected chi connectivity index (χ1v) is 25.0. The van der Waals surface area contributed by atoms with Crippen LogP contribution in [0.3, 0.4) is 0 Å². The fourth-order valence-corrected chi connectivity index (χ4v) is 12.6. The molecule has 0 radical (unpaired) electrons. The molecular formula is C54H66N8O6. The first kappa shape index (κ1) is 45.6. The molecule has 3 aliphatic carbocycles. The van der Waals surface area contributed by atoms with Crippen LogP contribution in [0, 0.1) is 23.7 Å². The molecule has 2 unspecified atom stereocenters. The molecule has 2 saturated heterocycles. The SMILES string of the molecule is CC[C@H]1CCC[C@@H](c2nc3ccc(-c4ccc(-c5ccc(-c6cnc([C@@H]7[C@H]8CC[C@H](C8)N7C(=O)[C@@H](NC(=O)OC)C(C)C)[nH]6)cc5)c5c4CC4CCC54)cc3[nH]2)N1C(=O)[C@@H](NC(=O)OC)C(C)C. The van der Waals surface area contributed by atoms with Gasteiger partial charge in [-0.2, -0.15) is 0 Å². The quantitative estimate of drug-likeness (QED) is 0.0957. The molecule has 0 spiro atoms. The molecular weight excluding hydrogens is 857 g/mol. The van der Waals surface area contributed by atoms with E-state index in [1.807, 2.05) is 43.7 Å². The summed E-state index contributed by atoms with van der Waals surface area (Å²) in [5.41, 5.74) is 11.6. The van der Waals surface area contributed by atoms with Crippen LogP contribution in [-0.2, 0) is 25.5 Å². The first-order chi connectivity index (χ1) is 32.9. The van der Waals surface area contributed by atoms with Gasteiger partial charge in [0.15, 0.2) is 0 Å². The Labute approximate surface area is 398 Å². The zero-order chi connectivity index (χ0) is 47.5. The Morgan fingerprint density at radius 1 is 0.735 bits per heavy atom. The van der Waals surface area contributed by atoms with Crippen molar-refractivity contribution in [1.29, 1.82) is 0 Å². The molecule has 4 fully saturated rings. The molecule has 2 saturated carbocycles. The summed E-state index contributed by atoms with van der Waals surface area (Å²) in [6, 6.07) is 18.3. The number of nitrogens with zero attached hydrogens (tertiary/aromatic N) is 4. The van der Waals surface area contributed by atoms with Crippen molar-refractivity contribution in [3.05, 3.63) is 83.6 Å². The van der Waals surface area contributed by atoms with Crippen LogP contribution in [0.4, 0.5) is 9.59 Å². The van der Waals surface area contributed by atoms with Crippen LogP contribution in [0.25, 0.3) is 44.5 Å². The van der Waals surface area contributed by atoms with Crippen molar-refractivity contribution in [2.24, 2.45) is 23.7 Å². The maximum Gasteiger partial charge on any atom is 0.407 e. The number of imidazole rings is 2. The van der Waals surface area contributed by atoms with Gasteiger partial charge in [0.1, 0.15) is 23.7 Å². The summed E-state index contributed by atoms with van der Waals surface area (Å²) in [6.07, 6.45) is 10.6. The zero-order valence-electron chi connectivity index (χ0n) is 40.4. The molecule has 4 heterocycles. The normalized spacial score (nSPS) is 24.7. The molecule has 2 aromatic heterocycles. The number of fused-ring (bicyclic) bond motifs is 6. The summed E-state index contributed by atoms with van der Waals surface area (Å²) in [5.74, 6) is 2.70. The van der Waals surface area contributed by atoms with E-state index in [4.69, 9.17) is 19.4 Å². The first-order valence-electron chi connectivity index (χ1n) is 25.0. The fraction of sp³-hybridized carbons (Fsp3) is 0.519. The second-order valence-corrected chi connectivity index (χ2v) is 20.7. The Hall–Kier alpha value is -6.18. The number of amides is 4. The van der Waals surface area contributed by atoms with E-state index < -0.39 is 24.3 Å².